The summed E-state index contributed by atoms with van der Waals surface area (Å²) in [6.45, 7) is 6.31. The number of rotatable bonds is 5. The number of methoxy groups -OCH3 is 1. The van der Waals surface area contributed by atoms with Crippen LogP contribution in [0.1, 0.15) is 32.0 Å². The Hall–Kier alpha value is -0.720. The fraction of sp³-hybridized carbons (Fsp3) is 0.818. The summed E-state index contributed by atoms with van der Waals surface area (Å²) < 4.78 is 15.2. The molecule has 1 aliphatic rings. The Morgan fingerprint density at radius 1 is 1.59 bits per heavy atom. The van der Waals surface area contributed by atoms with Crippen molar-refractivity contribution in [2.75, 3.05) is 32.2 Å². The minimum Gasteiger partial charge on any atom is -0.378 e. The molecule has 0 radical (unpaired) electrons. The molecule has 0 spiro atoms. The third kappa shape index (κ3) is 2.94. The zero-order valence-corrected chi connectivity index (χ0v) is 11.3. The molecule has 0 amide bonds. The third-order valence-corrected chi connectivity index (χ3v) is 3.71. The number of nitrogens with one attached hydrogen (secondary N) is 1. The van der Waals surface area contributed by atoms with Crippen molar-refractivity contribution < 1.29 is 9.47 Å². The minimum absolute atomic E-state index is 0.205. The summed E-state index contributed by atoms with van der Waals surface area (Å²) in [6.07, 6.45) is 0.923. The van der Waals surface area contributed by atoms with Crippen LogP contribution in [-0.4, -0.2) is 41.8 Å². The molecule has 0 aliphatic carbocycles. The average molecular weight is 257 g/mol. The van der Waals surface area contributed by atoms with Gasteiger partial charge in [-0.2, -0.15) is 4.37 Å². The summed E-state index contributed by atoms with van der Waals surface area (Å²) in [5.41, 5.74) is -0.205. The molecule has 2 heterocycles. The fourth-order valence-electron chi connectivity index (χ4n) is 1.74. The normalized spacial score (nSPS) is 24.5. The Morgan fingerprint density at radius 2 is 2.41 bits per heavy atom. The Labute approximate surface area is 106 Å². The van der Waals surface area contributed by atoms with Crippen molar-refractivity contribution in [1.29, 1.82) is 0 Å². The smallest absolute Gasteiger partial charge is 0.202 e. The van der Waals surface area contributed by atoms with Crippen LogP contribution in [0.3, 0.4) is 0 Å². The van der Waals surface area contributed by atoms with Crippen molar-refractivity contribution >= 4 is 16.7 Å². The number of nitrogens with zero attached hydrogens (tertiary/aromatic N) is 2. The van der Waals surface area contributed by atoms with Gasteiger partial charge in [-0.15, -0.1) is 0 Å². The van der Waals surface area contributed by atoms with Crippen LogP contribution in [0.25, 0.3) is 0 Å². The number of ether oxygens (including phenoxy) is 2. The van der Waals surface area contributed by atoms with E-state index >= 15 is 0 Å². The van der Waals surface area contributed by atoms with Crippen LogP contribution in [0, 0.1) is 0 Å². The van der Waals surface area contributed by atoms with Crippen LogP contribution < -0.4 is 5.32 Å². The zero-order valence-electron chi connectivity index (χ0n) is 10.5. The molecule has 0 saturated carbocycles. The Morgan fingerprint density at radius 3 is 2.94 bits per heavy atom. The van der Waals surface area contributed by atoms with E-state index in [1.807, 2.05) is 0 Å². The molecule has 1 saturated heterocycles. The summed E-state index contributed by atoms with van der Waals surface area (Å²) >= 11 is 1.40. The van der Waals surface area contributed by atoms with E-state index in [9.17, 15) is 0 Å². The highest BCUT2D eigenvalue weighted by atomic mass is 32.1. The molecule has 0 aromatic carbocycles. The third-order valence-electron chi connectivity index (χ3n) is 3.02. The van der Waals surface area contributed by atoms with E-state index in [1.165, 1.54) is 11.5 Å². The second kappa shape index (κ2) is 5.29. The summed E-state index contributed by atoms with van der Waals surface area (Å²) in [4.78, 5) is 4.44. The molecule has 1 aliphatic heterocycles. The first-order valence-corrected chi connectivity index (χ1v) is 6.63. The first kappa shape index (κ1) is 12.7. The van der Waals surface area contributed by atoms with Crippen LogP contribution in [0.15, 0.2) is 0 Å². The van der Waals surface area contributed by atoms with Gasteiger partial charge in [0.05, 0.1) is 6.61 Å². The van der Waals surface area contributed by atoms with E-state index < -0.39 is 0 Å². The Bertz CT molecular complexity index is 361. The van der Waals surface area contributed by atoms with Crippen molar-refractivity contribution in [1.82, 2.24) is 9.36 Å². The number of hydrogen-bond acceptors (Lipinski definition) is 6. The second-order valence-electron chi connectivity index (χ2n) is 4.66. The molecular formula is C11H19N3O2S. The monoisotopic (exact) mass is 257 g/mol. The van der Waals surface area contributed by atoms with Gasteiger partial charge in [-0.1, -0.05) is 13.8 Å². The molecule has 1 aromatic heterocycles. The maximum Gasteiger partial charge on any atom is 0.202 e. The Balaban J connectivity index is 1.92. The fourth-order valence-corrected chi connectivity index (χ4v) is 2.44. The summed E-state index contributed by atoms with van der Waals surface area (Å²) in [7, 11) is 1.73. The van der Waals surface area contributed by atoms with E-state index in [2.05, 4.69) is 28.5 Å². The van der Waals surface area contributed by atoms with Crippen LogP contribution in [0.4, 0.5) is 5.13 Å². The van der Waals surface area contributed by atoms with Crippen molar-refractivity contribution in [2.45, 2.75) is 31.8 Å². The molecule has 1 N–H and O–H groups in total. The lowest BCUT2D eigenvalue weighted by Crippen LogP contribution is -2.39. The van der Waals surface area contributed by atoms with Gasteiger partial charge in [-0.25, -0.2) is 4.98 Å². The highest BCUT2D eigenvalue weighted by Crippen LogP contribution is 2.24. The lowest BCUT2D eigenvalue weighted by atomic mass is 10.0. The van der Waals surface area contributed by atoms with Crippen LogP contribution in [0.5, 0.6) is 0 Å². The molecule has 6 heteroatoms. The van der Waals surface area contributed by atoms with Crippen LogP contribution >= 0.6 is 11.5 Å². The lowest BCUT2D eigenvalue weighted by Gasteiger charge is -2.25. The lowest BCUT2D eigenvalue weighted by molar-refractivity contribution is -0.00620. The number of hydrogen-bond donors (Lipinski definition) is 1. The van der Waals surface area contributed by atoms with Gasteiger partial charge < -0.3 is 14.8 Å². The zero-order chi connectivity index (χ0) is 12.3. The molecule has 17 heavy (non-hydrogen) atoms. The van der Waals surface area contributed by atoms with E-state index in [0.717, 1.165) is 30.5 Å². The molecule has 2 rings (SSSR count). The number of aromatic nitrogens is 2. The summed E-state index contributed by atoms with van der Waals surface area (Å²) in [6, 6.07) is 0. The molecule has 96 valence electrons. The highest BCUT2D eigenvalue weighted by molar-refractivity contribution is 7.09. The summed E-state index contributed by atoms with van der Waals surface area (Å²) in [5.74, 6) is 1.26. The molecular weight excluding hydrogens is 238 g/mol. The molecule has 1 aromatic rings. The SMILES string of the molecule is COC1(CNc2nc(C(C)C)ns2)CCOC1. The van der Waals surface area contributed by atoms with E-state index in [4.69, 9.17) is 9.47 Å². The number of anilines is 1. The largest absolute Gasteiger partial charge is 0.378 e. The Kier molecular flexibility index (Phi) is 3.96. The van der Waals surface area contributed by atoms with Crippen molar-refractivity contribution in [3.8, 4) is 0 Å². The molecule has 0 bridgehead atoms. The van der Waals surface area contributed by atoms with E-state index in [1.54, 1.807) is 7.11 Å². The van der Waals surface area contributed by atoms with Crippen LogP contribution in [-0.2, 0) is 9.47 Å². The van der Waals surface area contributed by atoms with Gasteiger partial charge in [-0.05, 0) is 0 Å². The van der Waals surface area contributed by atoms with Gasteiger partial charge in [-0.3, -0.25) is 0 Å². The van der Waals surface area contributed by atoms with Gasteiger partial charge in [0.25, 0.3) is 0 Å². The van der Waals surface area contributed by atoms with Gasteiger partial charge >= 0.3 is 0 Å². The van der Waals surface area contributed by atoms with Crippen molar-refractivity contribution in [3.05, 3.63) is 5.82 Å². The van der Waals surface area contributed by atoms with E-state index in [-0.39, 0.29) is 5.60 Å². The van der Waals surface area contributed by atoms with Crippen molar-refractivity contribution in [2.24, 2.45) is 0 Å². The predicted octanol–water partition coefficient (Wildman–Crippen LogP) is 1.88. The molecule has 1 unspecified atom stereocenters. The average Bonchev–Trinajstić information content (AvgIpc) is 2.96. The maximum atomic E-state index is 5.54. The molecule has 1 atom stereocenters. The second-order valence-corrected chi connectivity index (χ2v) is 5.41. The topological polar surface area (TPSA) is 56.3 Å². The van der Waals surface area contributed by atoms with Gasteiger partial charge in [0.2, 0.25) is 5.13 Å². The predicted molar refractivity (Wildman–Crippen MR) is 67.7 cm³/mol. The van der Waals surface area contributed by atoms with Gasteiger partial charge in [0.1, 0.15) is 11.4 Å². The minimum atomic E-state index is -0.205. The van der Waals surface area contributed by atoms with Gasteiger partial charge in [0, 0.05) is 44.1 Å². The van der Waals surface area contributed by atoms with E-state index in [0.29, 0.717) is 12.5 Å². The molecule has 5 nitrogen and oxygen atoms in total. The van der Waals surface area contributed by atoms with Gasteiger partial charge in [0.15, 0.2) is 0 Å². The quantitative estimate of drug-likeness (QED) is 0.873. The summed E-state index contributed by atoms with van der Waals surface area (Å²) in [5, 5.41) is 4.15. The van der Waals surface area contributed by atoms with Crippen LogP contribution in [0.2, 0.25) is 0 Å². The standard InChI is InChI=1S/C11H19N3O2S/c1-8(2)9-13-10(17-14-9)12-6-11(15-3)4-5-16-7-11/h8H,4-7H2,1-3H3,(H,12,13,14). The maximum absolute atomic E-state index is 5.54. The first-order valence-electron chi connectivity index (χ1n) is 5.85. The first-order chi connectivity index (χ1) is 8.15. The molecule has 1 fully saturated rings. The van der Waals surface area contributed by atoms with Crippen molar-refractivity contribution in [3.63, 3.8) is 0 Å². The highest BCUT2D eigenvalue weighted by Gasteiger charge is 2.34.